The SMILES string of the molecule is O=C(Cc1ccccn1)N[C@H]1CC[C@@H](CCNC(=O)c2cc(Cl)cc(Cl)c2)O[C@@H]1CO. The molecule has 1 aromatic heterocycles. The number of carbonyl (C=O) groups excluding carboxylic acids is 2. The highest BCUT2D eigenvalue weighted by molar-refractivity contribution is 6.35. The van der Waals surface area contributed by atoms with Gasteiger partial charge in [0.1, 0.15) is 6.10 Å². The number of hydrogen-bond donors (Lipinski definition) is 3. The molecule has 2 amide bonds. The summed E-state index contributed by atoms with van der Waals surface area (Å²) in [5, 5.41) is 16.3. The Hall–Kier alpha value is -2.19. The van der Waals surface area contributed by atoms with Crippen LogP contribution in [-0.4, -0.2) is 53.3 Å². The van der Waals surface area contributed by atoms with Crippen molar-refractivity contribution in [3.63, 3.8) is 0 Å². The van der Waals surface area contributed by atoms with Crippen molar-refractivity contribution in [2.24, 2.45) is 0 Å². The number of carbonyl (C=O) groups is 2. The van der Waals surface area contributed by atoms with Gasteiger partial charge in [0.05, 0.1) is 25.2 Å². The number of hydrogen-bond acceptors (Lipinski definition) is 5. The van der Waals surface area contributed by atoms with E-state index in [0.29, 0.717) is 47.1 Å². The summed E-state index contributed by atoms with van der Waals surface area (Å²) in [4.78, 5) is 28.7. The molecular formula is C22H25Cl2N3O4. The molecule has 31 heavy (non-hydrogen) atoms. The van der Waals surface area contributed by atoms with Gasteiger partial charge in [-0.05, 0) is 49.6 Å². The lowest BCUT2D eigenvalue weighted by Crippen LogP contribution is -2.51. The van der Waals surface area contributed by atoms with Crippen LogP contribution in [0.3, 0.4) is 0 Å². The third-order valence-electron chi connectivity index (χ3n) is 5.09. The van der Waals surface area contributed by atoms with E-state index in [-0.39, 0.29) is 37.0 Å². The smallest absolute Gasteiger partial charge is 0.251 e. The van der Waals surface area contributed by atoms with Crippen molar-refractivity contribution in [1.29, 1.82) is 0 Å². The molecule has 0 aliphatic carbocycles. The lowest BCUT2D eigenvalue weighted by Gasteiger charge is -2.36. The van der Waals surface area contributed by atoms with Gasteiger partial charge in [0, 0.05) is 34.0 Å². The predicted molar refractivity (Wildman–Crippen MR) is 118 cm³/mol. The molecule has 9 heteroatoms. The molecule has 3 rings (SSSR count). The maximum Gasteiger partial charge on any atom is 0.251 e. The fourth-order valence-corrected chi connectivity index (χ4v) is 4.09. The van der Waals surface area contributed by atoms with Crippen molar-refractivity contribution < 1.29 is 19.4 Å². The lowest BCUT2D eigenvalue weighted by atomic mass is 9.97. The Bertz CT molecular complexity index is 877. The molecule has 7 nitrogen and oxygen atoms in total. The highest BCUT2D eigenvalue weighted by Gasteiger charge is 2.31. The number of halogens is 2. The van der Waals surface area contributed by atoms with E-state index in [1.165, 1.54) is 0 Å². The van der Waals surface area contributed by atoms with E-state index in [4.69, 9.17) is 27.9 Å². The number of nitrogens with zero attached hydrogens (tertiary/aromatic N) is 1. The number of ether oxygens (including phenoxy) is 1. The molecule has 2 aromatic rings. The maximum absolute atomic E-state index is 12.3. The summed E-state index contributed by atoms with van der Waals surface area (Å²) in [7, 11) is 0. The Morgan fingerprint density at radius 2 is 1.94 bits per heavy atom. The van der Waals surface area contributed by atoms with Crippen LogP contribution in [0, 0.1) is 0 Å². The van der Waals surface area contributed by atoms with Gasteiger partial charge in [-0.25, -0.2) is 0 Å². The summed E-state index contributed by atoms with van der Waals surface area (Å²) in [6.07, 6.45) is 3.20. The minimum absolute atomic E-state index is 0.121. The van der Waals surface area contributed by atoms with Gasteiger partial charge in [0.15, 0.2) is 0 Å². The second-order valence-electron chi connectivity index (χ2n) is 7.43. The monoisotopic (exact) mass is 465 g/mol. The van der Waals surface area contributed by atoms with Gasteiger partial charge < -0.3 is 20.5 Å². The van der Waals surface area contributed by atoms with E-state index >= 15 is 0 Å². The molecule has 2 heterocycles. The van der Waals surface area contributed by atoms with Crippen molar-refractivity contribution in [3.05, 3.63) is 63.9 Å². The fraction of sp³-hybridized carbons (Fsp3) is 0.409. The molecule has 1 saturated heterocycles. The molecule has 3 N–H and O–H groups in total. The number of pyridine rings is 1. The van der Waals surface area contributed by atoms with Crippen LogP contribution in [0.5, 0.6) is 0 Å². The number of amides is 2. The van der Waals surface area contributed by atoms with E-state index in [2.05, 4.69) is 15.6 Å². The molecule has 0 unspecified atom stereocenters. The first-order chi connectivity index (χ1) is 14.9. The number of aliphatic hydroxyl groups excluding tert-OH is 1. The Morgan fingerprint density at radius 3 is 2.61 bits per heavy atom. The molecule has 1 aliphatic heterocycles. The van der Waals surface area contributed by atoms with Crippen molar-refractivity contribution >= 4 is 35.0 Å². The highest BCUT2D eigenvalue weighted by Crippen LogP contribution is 2.22. The molecule has 1 fully saturated rings. The number of nitrogens with one attached hydrogen (secondary N) is 2. The van der Waals surface area contributed by atoms with E-state index < -0.39 is 6.10 Å². The van der Waals surface area contributed by atoms with E-state index in [1.807, 2.05) is 6.07 Å². The zero-order valence-electron chi connectivity index (χ0n) is 16.9. The predicted octanol–water partition coefficient (Wildman–Crippen LogP) is 2.78. The van der Waals surface area contributed by atoms with Gasteiger partial charge in [0.2, 0.25) is 5.91 Å². The molecule has 3 atom stereocenters. The normalized spacial score (nSPS) is 20.8. The summed E-state index contributed by atoms with van der Waals surface area (Å²) < 4.78 is 5.95. The van der Waals surface area contributed by atoms with Crippen molar-refractivity contribution in [2.45, 2.75) is 43.9 Å². The number of rotatable bonds is 8. The van der Waals surface area contributed by atoms with Crippen molar-refractivity contribution in [1.82, 2.24) is 15.6 Å². The van der Waals surface area contributed by atoms with E-state index in [9.17, 15) is 14.7 Å². The van der Waals surface area contributed by atoms with Crippen LogP contribution in [0.15, 0.2) is 42.6 Å². The van der Waals surface area contributed by atoms with Crippen LogP contribution in [0.25, 0.3) is 0 Å². The first kappa shape index (κ1) is 23.5. The largest absolute Gasteiger partial charge is 0.394 e. The first-order valence-electron chi connectivity index (χ1n) is 10.1. The van der Waals surface area contributed by atoms with Crippen LogP contribution < -0.4 is 10.6 Å². The molecule has 1 aromatic carbocycles. The summed E-state index contributed by atoms with van der Waals surface area (Å²) in [5.41, 5.74) is 1.08. The first-order valence-corrected chi connectivity index (χ1v) is 10.9. The topological polar surface area (TPSA) is 101 Å². The average molecular weight is 466 g/mol. The van der Waals surface area contributed by atoms with Gasteiger partial charge in [-0.1, -0.05) is 29.3 Å². The van der Waals surface area contributed by atoms with Crippen molar-refractivity contribution in [2.75, 3.05) is 13.2 Å². The molecule has 0 spiro atoms. The second-order valence-corrected chi connectivity index (χ2v) is 8.30. The molecule has 1 aliphatic rings. The molecule has 0 radical (unpaired) electrons. The average Bonchev–Trinajstić information content (AvgIpc) is 2.74. The minimum atomic E-state index is -0.492. The number of aliphatic hydroxyl groups is 1. The Kier molecular flexibility index (Phi) is 8.66. The third kappa shape index (κ3) is 7.18. The van der Waals surface area contributed by atoms with Crippen molar-refractivity contribution in [3.8, 4) is 0 Å². The maximum atomic E-state index is 12.3. The second kappa shape index (κ2) is 11.4. The van der Waals surface area contributed by atoms with Gasteiger partial charge in [0.25, 0.3) is 5.91 Å². The lowest BCUT2D eigenvalue weighted by molar-refractivity contribution is -0.127. The molecule has 0 saturated carbocycles. The van der Waals surface area contributed by atoms with Crippen LogP contribution in [0.1, 0.15) is 35.3 Å². The highest BCUT2D eigenvalue weighted by atomic mass is 35.5. The van der Waals surface area contributed by atoms with Gasteiger partial charge in [-0.2, -0.15) is 0 Å². The van der Waals surface area contributed by atoms with Gasteiger partial charge in [-0.3, -0.25) is 14.6 Å². The molecule has 166 valence electrons. The quantitative estimate of drug-likeness (QED) is 0.556. The molecular weight excluding hydrogens is 441 g/mol. The molecule has 0 bridgehead atoms. The van der Waals surface area contributed by atoms with Crippen LogP contribution in [0.4, 0.5) is 0 Å². The van der Waals surface area contributed by atoms with Crippen LogP contribution >= 0.6 is 23.2 Å². The van der Waals surface area contributed by atoms with E-state index in [0.717, 1.165) is 0 Å². The third-order valence-corrected chi connectivity index (χ3v) is 5.52. The van der Waals surface area contributed by atoms with E-state index in [1.54, 1.807) is 36.5 Å². The summed E-state index contributed by atoms with van der Waals surface area (Å²) >= 11 is 11.9. The number of aromatic nitrogens is 1. The fourth-order valence-electron chi connectivity index (χ4n) is 3.57. The summed E-state index contributed by atoms with van der Waals surface area (Å²) in [6.45, 7) is 0.209. The van der Waals surface area contributed by atoms with Gasteiger partial charge >= 0.3 is 0 Å². The Morgan fingerprint density at radius 1 is 1.16 bits per heavy atom. The zero-order valence-corrected chi connectivity index (χ0v) is 18.4. The summed E-state index contributed by atoms with van der Waals surface area (Å²) in [5.74, 6) is -0.421. The zero-order chi connectivity index (χ0) is 22.2. The Balaban J connectivity index is 1.43. The van der Waals surface area contributed by atoms with Gasteiger partial charge in [-0.15, -0.1) is 0 Å². The summed E-state index contributed by atoms with van der Waals surface area (Å²) in [6, 6.07) is 9.84. The Labute approximate surface area is 191 Å². The minimum Gasteiger partial charge on any atom is -0.394 e. The van der Waals surface area contributed by atoms with Crippen LogP contribution in [0.2, 0.25) is 10.0 Å². The number of benzene rings is 1. The van der Waals surface area contributed by atoms with Crippen LogP contribution in [-0.2, 0) is 16.0 Å². The standard InChI is InChI=1S/C22H25Cl2N3O4/c23-15-9-14(10-16(24)11-15)22(30)26-8-6-18-4-5-19(20(13-28)31-18)27-21(29)12-17-3-1-2-7-25-17/h1-3,7,9-11,18-20,28H,4-6,8,12-13H2,(H,26,30)(H,27,29)/t18-,19-,20+/m0/s1.